The van der Waals surface area contributed by atoms with Gasteiger partial charge in [0.25, 0.3) is 0 Å². The normalized spacial score (nSPS) is 13.3. The highest BCUT2D eigenvalue weighted by Gasteiger charge is 2.30. The van der Waals surface area contributed by atoms with E-state index >= 15 is 0 Å². The molecule has 0 unspecified atom stereocenters. The van der Waals surface area contributed by atoms with Gasteiger partial charge < -0.3 is 13.7 Å². The largest absolute Gasteiger partial charge is 0.308 e. The monoisotopic (exact) mass is 789 g/mol. The molecule has 0 fully saturated rings. The number of rotatable bonds is 3. The second kappa shape index (κ2) is 12.0. The highest BCUT2D eigenvalue weighted by atomic mass is 15.2. The molecule has 8 aromatic carbocycles. The Hall–Kier alpha value is -6.58. The van der Waals surface area contributed by atoms with Gasteiger partial charge in [-0.15, -0.1) is 0 Å². The van der Waals surface area contributed by atoms with Gasteiger partial charge in [0.15, 0.2) is 0 Å². The van der Waals surface area contributed by atoms with Crippen LogP contribution in [0.4, 0.5) is 17.1 Å². The molecule has 0 radical (unpaired) electrons. The average Bonchev–Trinajstić information content (AvgIpc) is 3.95. The molecule has 61 heavy (non-hydrogen) atoms. The molecule has 0 aliphatic heterocycles. The Morgan fingerprint density at radius 2 is 0.836 bits per heavy atom. The summed E-state index contributed by atoms with van der Waals surface area (Å²) in [5.74, 6) is 0. The zero-order valence-corrected chi connectivity index (χ0v) is 36.7. The summed E-state index contributed by atoms with van der Waals surface area (Å²) in [4.78, 5) is 2.48. The summed E-state index contributed by atoms with van der Waals surface area (Å²) in [6, 6.07) is 55.5. The number of fused-ring (bicyclic) bond motifs is 14. The van der Waals surface area contributed by atoms with Crippen LogP contribution in [0.2, 0.25) is 0 Å². The van der Waals surface area contributed by atoms with E-state index in [1.54, 1.807) is 0 Å². The molecule has 0 saturated carbocycles. The maximum absolute atomic E-state index is 2.63. The Bertz CT molecular complexity index is 3690. The van der Waals surface area contributed by atoms with Crippen molar-refractivity contribution in [3.05, 3.63) is 162 Å². The van der Waals surface area contributed by atoms with Crippen LogP contribution in [0, 0.1) is 0 Å². The van der Waals surface area contributed by atoms with Crippen LogP contribution in [0.15, 0.2) is 146 Å². The minimum absolute atomic E-state index is 0.0433. The molecule has 0 bridgehead atoms. The molecule has 0 aliphatic rings. The quantitative estimate of drug-likeness (QED) is 0.174. The molecular formula is C58H51N3. The molecule has 4 heterocycles. The fourth-order valence-corrected chi connectivity index (χ4v) is 10.5. The SMILES string of the molecule is CC(C)(C)c1ccc2c(c1)c1c3ccccc3cc3c4cc5c(cc4n2c31)c1cc(C(C)(C)C)cc2c3cc(C(C)(C)C)cc(N(c4ccccc4)c4ccccc4)c3n5c12. The molecule has 298 valence electrons. The van der Waals surface area contributed by atoms with Crippen molar-refractivity contribution < 1.29 is 0 Å². The van der Waals surface area contributed by atoms with Crippen LogP contribution in [0.3, 0.4) is 0 Å². The Morgan fingerprint density at radius 3 is 1.44 bits per heavy atom. The van der Waals surface area contributed by atoms with Crippen LogP contribution >= 0.6 is 0 Å². The Kier molecular flexibility index (Phi) is 7.16. The first kappa shape index (κ1) is 36.3. The van der Waals surface area contributed by atoms with Crippen molar-refractivity contribution in [3.8, 4) is 0 Å². The molecule has 0 aliphatic carbocycles. The lowest BCUT2D eigenvalue weighted by Gasteiger charge is -2.29. The van der Waals surface area contributed by atoms with Gasteiger partial charge in [-0.3, -0.25) is 0 Å². The van der Waals surface area contributed by atoms with Crippen molar-refractivity contribution in [2.75, 3.05) is 4.90 Å². The first-order chi connectivity index (χ1) is 29.2. The van der Waals surface area contributed by atoms with Crippen LogP contribution in [0.1, 0.15) is 79.0 Å². The van der Waals surface area contributed by atoms with Gasteiger partial charge in [-0.25, -0.2) is 0 Å². The number of hydrogen-bond donors (Lipinski definition) is 0. The molecule has 0 amide bonds. The number of nitrogens with zero attached hydrogens (tertiary/aromatic N) is 3. The van der Waals surface area contributed by atoms with Gasteiger partial charge in [0.1, 0.15) is 0 Å². The summed E-state index contributed by atoms with van der Waals surface area (Å²) in [7, 11) is 0. The van der Waals surface area contributed by atoms with Crippen molar-refractivity contribution in [2.24, 2.45) is 0 Å². The lowest BCUT2D eigenvalue weighted by Crippen LogP contribution is -2.15. The molecule has 0 N–H and O–H groups in total. The van der Waals surface area contributed by atoms with Gasteiger partial charge in [0.05, 0.1) is 38.8 Å². The van der Waals surface area contributed by atoms with Gasteiger partial charge >= 0.3 is 0 Å². The summed E-state index contributed by atoms with van der Waals surface area (Å²) in [5.41, 5.74) is 15.1. The molecule has 4 aromatic heterocycles. The molecule has 3 heteroatoms. The summed E-state index contributed by atoms with van der Waals surface area (Å²) < 4.78 is 5.21. The third-order valence-corrected chi connectivity index (χ3v) is 13.7. The van der Waals surface area contributed by atoms with Crippen molar-refractivity contribution in [1.29, 1.82) is 0 Å². The van der Waals surface area contributed by atoms with Crippen LogP contribution in [-0.4, -0.2) is 8.80 Å². The Morgan fingerprint density at radius 1 is 0.344 bits per heavy atom. The number of benzene rings is 8. The van der Waals surface area contributed by atoms with Crippen molar-refractivity contribution in [1.82, 2.24) is 8.80 Å². The molecule has 12 rings (SSSR count). The molecule has 0 atom stereocenters. The molecular weight excluding hydrogens is 739 g/mol. The fraction of sp³-hybridized carbons (Fsp3) is 0.207. The predicted octanol–water partition coefficient (Wildman–Crippen LogP) is 16.5. The van der Waals surface area contributed by atoms with Crippen LogP contribution < -0.4 is 4.90 Å². The van der Waals surface area contributed by atoms with Crippen LogP contribution in [0.5, 0.6) is 0 Å². The topological polar surface area (TPSA) is 12.1 Å². The first-order valence-corrected chi connectivity index (χ1v) is 21.9. The molecule has 12 aromatic rings. The van der Waals surface area contributed by atoms with Gasteiger partial charge in [0.2, 0.25) is 0 Å². The lowest BCUT2D eigenvalue weighted by atomic mass is 9.84. The summed E-state index contributed by atoms with van der Waals surface area (Å²) in [6.45, 7) is 21.1. The van der Waals surface area contributed by atoms with Crippen LogP contribution in [-0.2, 0) is 16.2 Å². The van der Waals surface area contributed by atoms with E-state index in [2.05, 4.69) is 222 Å². The third-order valence-electron chi connectivity index (χ3n) is 13.7. The van der Waals surface area contributed by atoms with Gasteiger partial charge in [-0.05, 0) is 123 Å². The van der Waals surface area contributed by atoms with Crippen molar-refractivity contribution in [2.45, 2.75) is 78.6 Å². The van der Waals surface area contributed by atoms with E-state index in [4.69, 9.17) is 0 Å². The second-order valence-corrected chi connectivity index (χ2v) is 20.7. The minimum Gasteiger partial charge on any atom is -0.308 e. The highest BCUT2D eigenvalue weighted by Crippen LogP contribution is 2.51. The lowest BCUT2D eigenvalue weighted by molar-refractivity contribution is 0.591. The molecule has 3 nitrogen and oxygen atoms in total. The number of anilines is 3. The van der Waals surface area contributed by atoms with Gasteiger partial charge in [-0.1, -0.05) is 129 Å². The number of hydrogen-bond acceptors (Lipinski definition) is 1. The third kappa shape index (κ3) is 5.04. The predicted molar refractivity (Wildman–Crippen MR) is 264 cm³/mol. The van der Waals surface area contributed by atoms with Gasteiger partial charge in [0, 0.05) is 54.5 Å². The van der Waals surface area contributed by atoms with E-state index in [0.717, 1.165) is 11.4 Å². The maximum atomic E-state index is 2.63. The highest BCUT2D eigenvalue weighted by molar-refractivity contribution is 6.34. The molecule has 0 spiro atoms. The number of para-hydroxylation sites is 2. The maximum Gasteiger partial charge on any atom is 0.0783 e. The number of aromatic nitrogens is 2. The van der Waals surface area contributed by atoms with E-state index in [1.165, 1.54) is 109 Å². The van der Waals surface area contributed by atoms with Crippen molar-refractivity contribution >= 4 is 104 Å². The smallest absolute Gasteiger partial charge is 0.0783 e. The van der Waals surface area contributed by atoms with Gasteiger partial charge in [-0.2, -0.15) is 0 Å². The van der Waals surface area contributed by atoms with E-state index < -0.39 is 0 Å². The first-order valence-electron chi connectivity index (χ1n) is 21.9. The van der Waals surface area contributed by atoms with E-state index in [9.17, 15) is 0 Å². The Labute approximate surface area is 357 Å². The zero-order valence-electron chi connectivity index (χ0n) is 36.7. The summed E-state index contributed by atoms with van der Waals surface area (Å²) in [5, 5.41) is 13.1. The fourth-order valence-electron chi connectivity index (χ4n) is 10.5. The van der Waals surface area contributed by atoms with E-state index in [1.807, 2.05) is 0 Å². The van der Waals surface area contributed by atoms with E-state index in [0.29, 0.717) is 0 Å². The standard InChI is InChI=1S/C58H51N3/c1-56(2,3)35-24-25-48-47(27-35)52-40-23-17-16-18-34(40)26-43-41-33-50-42(32-49(41)60(48)55(43)52)44-28-36(57(4,5)6)29-45-46-30-37(58(7,8)9)31-51(54(46)61(50)53(44)45)59(38-19-12-10-13-20-38)39-21-14-11-15-22-39/h10-33H,1-9H3. The summed E-state index contributed by atoms with van der Waals surface area (Å²) in [6.07, 6.45) is 0. The van der Waals surface area contributed by atoms with Crippen molar-refractivity contribution in [3.63, 3.8) is 0 Å². The van der Waals surface area contributed by atoms with E-state index in [-0.39, 0.29) is 16.2 Å². The minimum atomic E-state index is -0.0743. The second-order valence-electron chi connectivity index (χ2n) is 20.7. The zero-order chi connectivity index (χ0) is 41.9. The summed E-state index contributed by atoms with van der Waals surface area (Å²) >= 11 is 0. The Balaban J connectivity index is 1.31. The van der Waals surface area contributed by atoms with Crippen LogP contribution in [0.25, 0.3) is 87.0 Å². The average molecular weight is 790 g/mol. The molecule has 0 saturated heterocycles.